The monoisotopic (exact) mass is 208 g/mol. The van der Waals surface area contributed by atoms with Gasteiger partial charge in [-0.15, -0.1) is 0 Å². The van der Waals surface area contributed by atoms with E-state index in [-0.39, 0.29) is 0 Å². The number of rotatable bonds is 4. The van der Waals surface area contributed by atoms with E-state index in [1.165, 1.54) is 33.3 Å². The molecule has 0 atom stereocenters. The number of benzene rings is 1. The lowest BCUT2D eigenvalue weighted by Gasteiger charge is -2.07. The third-order valence-electron chi connectivity index (χ3n) is 1.97. The van der Waals surface area contributed by atoms with Crippen molar-refractivity contribution >= 4 is 11.6 Å². The Balaban J connectivity index is 3.13. The molecule has 4 nitrogen and oxygen atoms in total. The Morgan fingerprint density at radius 3 is 2.13 bits per heavy atom. The largest absolute Gasteiger partial charge is 0.493 e. The van der Waals surface area contributed by atoms with E-state index >= 15 is 0 Å². The van der Waals surface area contributed by atoms with Gasteiger partial charge >= 0.3 is 0 Å². The van der Waals surface area contributed by atoms with Crippen molar-refractivity contribution in [2.75, 3.05) is 14.2 Å². The van der Waals surface area contributed by atoms with Crippen LogP contribution in [-0.2, 0) is 4.79 Å². The summed E-state index contributed by atoms with van der Waals surface area (Å²) in [4.78, 5) is 22.2. The fraction of sp³-hybridized carbons (Fsp3) is 0.273. The van der Waals surface area contributed by atoms with Gasteiger partial charge in [-0.05, 0) is 18.2 Å². The van der Waals surface area contributed by atoms with Crippen LogP contribution < -0.4 is 9.47 Å². The summed E-state index contributed by atoms with van der Waals surface area (Å²) in [5.74, 6) is -0.0691. The lowest BCUT2D eigenvalue weighted by atomic mass is 10.1. The minimum atomic E-state index is -0.532. The smallest absolute Gasteiger partial charge is 0.228 e. The van der Waals surface area contributed by atoms with Crippen molar-refractivity contribution in [1.29, 1.82) is 0 Å². The molecular formula is C11H12O4. The van der Waals surface area contributed by atoms with Crippen LogP contribution in [0, 0.1) is 0 Å². The van der Waals surface area contributed by atoms with Crippen LogP contribution in [0.3, 0.4) is 0 Å². The lowest BCUT2D eigenvalue weighted by molar-refractivity contribution is -0.113. The predicted octanol–water partition coefficient (Wildman–Crippen LogP) is 1.48. The van der Waals surface area contributed by atoms with E-state index in [0.717, 1.165) is 0 Å². The van der Waals surface area contributed by atoms with Gasteiger partial charge in [-0.2, -0.15) is 0 Å². The molecule has 0 fully saturated rings. The van der Waals surface area contributed by atoms with Crippen molar-refractivity contribution in [3.8, 4) is 11.5 Å². The number of ketones is 2. The summed E-state index contributed by atoms with van der Waals surface area (Å²) in [6.45, 7) is 1.24. The third kappa shape index (κ3) is 2.34. The number of methoxy groups -OCH3 is 2. The molecule has 4 heteroatoms. The minimum absolute atomic E-state index is 0.306. The standard InChI is InChI=1S/C11H12O4/c1-7(12)11(13)8-4-5-9(14-2)10(6-8)15-3/h4-6H,1-3H3. The second-order valence-corrected chi connectivity index (χ2v) is 2.96. The molecule has 80 valence electrons. The van der Waals surface area contributed by atoms with Crippen molar-refractivity contribution in [3.63, 3.8) is 0 Å². The van der Waals surface area contributed by atoms with Crippen LogP contribution in [0.2, 0.25) is 0 Å². The Bertz CT molecular complexity index is 396. The quantitative estimate of drug-likeness (QED) is 0.555. The predicted molar refractivity (Wildman–Crippen MR) is 54.6 cm³/mol. The molecule has 0 N–H and O–H groups in total. The van der Waals surface area contributed by atoms with Crippen molar-refractivity contribution in [3.05, 3.63) is 23.8 Å². The normalized spacial score (nSPS) is 9.53. The van der Waals surface area contributed by atoms with Gasteiger partial charge in [0.15, 0.2) is 17.3 Å². The number of carbonyl (C=O) groups is 2. The van der Waals surface area contributed by atoms with Crippen LogP contribution >= 0.6 is 0 Å². The van der Waals surface area contributed by atoms with Gasteiger partial charge in [0.2, 0.25) is 5.78 Å². The second-order valence-electron chi connectivity index (χ2n) is 2.96. The van der Waals surface area contributed by atoms with Gasteiger partial charge < -0.3 is 9.47 Å². The number of Topliss-reactive ketones (excluding diaryl/α,β-unsaturated/α-hetero) is 2. The molecule has 0 aliphatic carbocycles. The van der Waals surface area contributed by atoms with E-state index in [1.54, 1.807) is 6.07 Å². The zero-order valence-electron chi connectivity index (χ0n) is 8.87. The van der Waals surface area contributed by atoms with Gasteiger partial charge in [0.1, 0.15) is 0 Å². The minimum Gasteiger partial charge on any atom is -0.493 e. The summed E-state index contributed by atoms with van der Waals surface area (Å²) in [6, 6.07) is 4.61. The first kappa shape index (κ1) is 11.2. The molecule has 0 spiro atoms. The van der Waals surface area contributed by atoms with E-state index < -0.39 is 11.6 Å². The summed E-state index contributed by atoms with van der Waals surface area (Å²) in [7, 11) is 2.98. The molecule has 0 aliphatic heterocycles. The molecule has 1 rings (SSSR count). The first-order valence-electron chi connectivity index (χ1n) is 4.37. The lowest BCUT2D eigenvalue weighted by Crippen LogP contribution is -2.09. The van der Waals surface area contributed by atoms with Gasteiger partial charge in [0.05, 0.1) is 14.2 Å². The van der Waals surface area contributed by atoms with Gasteiger partial charge in [0.25, 0.3) is 0 Å². The van der Waals surface area contributed by atoms with E-state index in [1.807, 2.05) is 0 Å². The summed E-state index contributed by atoms with van der Waals surface area (Å²) in [5, 5.41) is 0. The molecule has 0 aromatic heterocycles. The fourth-order valence-corrected chi connectivity index (χ4v) is 1.18. The number of hydrogen-bond donors (Lipinski definition) is 0. The molecule has 0 aliphatic rings. The fourth-order valence-electron chi connectivity index (χ4n) is 1.18. The topological polar surface area (TPSA) is 52.6 Å². The molecule has 0 heterocycles. The van der Waals surface area contributed by atoms with Crippen LogP contribution in [0.1, 0.15) is 17.3 Å². The molecule has 0 radical (unpaired) electrons. The summed E-state index contributed by atoms with van der Waals surface area (Å²) < 4.78 is 10.0. The zero-order valence-corrected chi connectivity index (χ0v) is 8.87. The highest BCUT2D eigenvalue weighted by molar-refractivity contribution is 6.42. The van der Waals surface area contributed by atoms with Gasteiger partial charge in [-0.25, -0.2) is 0 Å². The van der Waals surface area contributed by atoms with Gasteiger partial charge in [-0.1, -0.05) is 0 Å². The van der Waals surface area contributed by atoms with Crippen LogP contribution in [0.25, 0.3) is 0 Å². The number of ether oxygens (including phenoxy) is 2. The van der Waals surface area contributed by atoms with Gasteiger partial charge in [0, 0.05) is 12.5 Å². The Morgan fingerprint density at radius 2 is 1.67 bits per heavy atom. The van der Waals surface area contributed by atoms with Crippen molar-refractivity contribution in [2.24, 2.45) is 0 Å². The average molecular weight is 208 g/mol. The molecule has 1 aromatic carbocycles. The molecule has 0 bridgehead atoms. The van der Waals surface area contributed by atoms with Crippen molar-refractivity contribution in [2.45, 2.75) is 6.92 Å². The summed E-state index contributed by atoms with van der Waals surface area (Å²) in [6.07, 6.45) is 0. The van der Waals surface area contributed by atoms with Gasteiger partial charge in [-0.3, -0.25) is 9.59 Å². The molecule has 0 unspecified atom stereocenters. The highest BCUT2D eigenvalue weighted by Gasteiger charge is 2.13. The van der Waals surface area contributed by atoms with E-state index in [2.05, 4.69) is 0 Å². The Kier molecular flexibility index (Phi) is 3.44. The number of hydrogen-bond acceptors (Lipinski definition) is 4. The van der Waals surface area contributed by atoms with E-state index in [9.17, 15) is 9.59 Å². The van der Waals surface area contributed by atoms with Crippen LogP contribution in [0.5, 0.6) is 11.5 Å². The highest BCUT2D eigenvalue weighted by Crippen LogP contribution is 2.27. The SMILES string of the molecule is COc1ccc(C(=O)C(C)=O)cc1OC. The molecule has 1 aromatic rings. The Labute approximate surface area is 87.8 Å². The summed E-state index contributed by atoms with van der Waals surface area (Å²) in [5.41, 5.74) is 0.306. The molecule has 0 saturated heterocycles. The Hall–Kier alpha value is -1.84. The average Bonchev–Trinajstić information content (AvgIpc) is 2.26. The van der Waals surface area contributed by atoms with E-state index in [4.69, 9.17) is 9.47 Å². The zero-order chi connectivity index (χ0) is 11.4. The van der Waals surface area contributed by atoms with E-state index in [0.29, 0.717) is 17.1 Å². The van der Waals surface area contributed by atoms with Crippen molar-refractivity contribution in [1.82, 2.24) is 0 Å². The molecule has 0 amide bonds. The first-order valence-corrected chi connectivity index (χ1v) is 4.37. The maximum absolute atomic E-state index is 11.4. The summed E-state index contributed by atoms with van der Waals surface area (Å²) >= 11 is 0. The van der Waals surface area contributed by atoms with Crippen molar-refractivity contribution < 1.29 is 19.1 Å². The molecule has 0 saturated carbocycles. The van der Waals surface area contributed by atoms with Crippen LogP contribution in [0.15, 0.2) is 18.2 Å². The maximum Gasteiger partial charge on any atom is 0.228 e. The second kappa shape index (κ2) is 4.59. The number of carbonyl (C=O) groups excluding carboxylic acids is 2. The third-order valence-corrected chi connectivity index (χ3v) is 1.97. The molecule has 15 heavy (non-hydrogen) atoms. The van der Waals surface area contributed by atoms with Crippen LogP contribution in [-0.4, -0.2) is 25.8 Å². The van der Waals surface area contributed by atoms with Crippen LogP contribution in [0.4, 0.5) is 0 Å². The molecular weight excluding hydrogens is 196 g/mol. The maximum atomic E-state index is 11.4. The highest BCUT2D eigenvalue weighted by atomic mass is 16.5. The first-order chi connectivity index (χ1) is 7.10. The Morgan fingerprint density at radius 1 is 1.07 bits per heavy atom.